The van der Waals surface area contributed by atoms with Crippen LogP contribution in [-0.2, 0) is 4.79 Å². The van der Waals surface area contributed by atoms with E-state index in [9.17, 15) is 4.79 Å². The normalized spacial score (nSPS) is 13.2. The maximum absolute atomic E-state index is 12.6. The molecule has 1 aromatic heterocycles. The summed E-state index contributed by atoms with van der Waals surface area (Å²) in [5.74, 6) is -0.160. The molecule has 0 radical (unpaired) electrons. The van der Waals surface area contributed by atoms with Crippen LogP contribution in [-0.4, -0.2) is 11.9 Å². The molecule has 3 rings (SSSR count). The predicted molar refractivity (Wildman–Crippen MR) is 110 cm³/mol. The van der Waals surface area contributed by atoms with Gasteiger partial charge in [0, 0.05) is 9.90 Å². The van der Waals surface area contributed by atoms with E-state index >= 15 is 0 Å². The van der Waals surface area contributed by atoms with Crippen LogP contribution < -0.4 is 10.6 Å². The fourth-order valence-electron chi connectivity index (χ4n) is 2.60. The number of thiophene rings is 1. The second kappa shape index (κ2) is 8.69. The van der Waals surface area contributed by atoms with Gasteiger partial charge in [-0.05, 0) is 42.1 Å². The third kappa shape index (κ3) is 4.65. The van der Waals surface area contributed by atoms with Gasteiger partial charge in [0.2, 0.25) is 5.91 Å². The van der Waals surface area contributed by atoms with Crippen molar-refractivity contribution in [3.8, 4) is 0 Å². The highest BCUT2D eigenvalue weighted by molar-refractivity contribution is 7.10. The zero-order chi connectivity index (χ0) is 18.5. The van der Waals surface area contributed by atoms with Crippen LogP contribution in [0.4, 0.5) is 5.69 Å². The van der Waals surface area contributed by atoms with Crippen LogP contribution >= 0.6 is 34.5 Å². The third-order valence-corrected chi connectivity index (χ3v) is 5.44. The number of carbonyl (C=O) groups is 1. The third-order valence-electron chi connectivity index (χ3n) is 3.96. The van der Waals surface area contributed by atoms with E-state index in [0.717, 1.165) is 10.4 Å². The number of anilines is 1. The number of rotatable bonds is 6. The summed E-state index contributed by atoms with van der Waals surface area (Å²) in [7, 11) is 0. The average molecular weight is 405 g/mol. The van der Waals surface area contributed by atoms with Crippen molar-refractivity contribution < 1.29 is 4.79 Å². The molecule has 0 spiro atoms. The zero-order valence-electron chi connectivity index (χ0n) is 14.1. The SMILES string of the molecule is C[C@H](N[C@@H](c1ccccc1)c1cccs1)C(=O)Nc1ccc(Cl)cc1Cl. The molecule has 0 bridgehead atoms. The predicted octanol–water partition coefficient (Wildman–Crippen LogP) is 5.76. The summed E-state index contributed by atoms with van der Waals surface area (Å²) in [6.45, 7) is 1.84. The largest absolute Gasteiger partial charge is 0.323 e. The van der Waals surface area contributed by atoms with Gasteiger partial charge in [-0.3, -0.25) is 10.1 Å². The molecule has 2 atom stereocenters. The van der Waals surface area contributed by atoms with Gasteiger partial charge in [0.25, 0.3) is 0 Å². The highest BCUT2D eigenvalue weighted by Crippen LogP contribution is 2.28. The van der Waals surface area contributed by atoms with E-state index in [-0.39, 0.29) is 11.9 Å². The molecule has 134 valence electrons. The first-order valence-corrected chi connectivity index (χ1v) is 9.78. The molecule has 0 saturated heterocycles. The quantitative estimate of drug-likeness (QED) is 0.547. The van der Waals surface area contributed by atoms with Crippen LogP contribution in [0.1, 0.15) is 23.4 Å². The molecule has 3 nitrogen and oxygen atoms in total. The van der Waals surface area contributed by atoms with Crippen molar-refractivity contribution in [1.82, 2.24) is 5.32 Å². The molecule has 0 fully saturated rings. The maximum atomic E-state index is 12.6. The average Bonchev–Trinajstić information content (AvgIpc) is 3.17. The van der Waals surface area contributed by atoms with Crippen LogP contribution in [0.15, 0.2) is 66.0 Å². The summed E-state index contributed by atoms with van der Waals surface area (Å²) >= 11 is 13.7. The van der Waals surface area contributed by atoms with E-state index in [1.807, 2.05) is 36.6 Å². The van der Waals surface area contributed by atoms with Crippen molar-refractivity contribution in [2.45, 2.75) is 19.0 Å². The van der Waals surface area contributed by atoms with E-state index in [1.165, 1.54) is 0 Å². The number of hydrogen-bond acceptors (Lipinski definition) is 3. The summed E-state index contributed by atoms with van der Waals surface area (Å²) in [5, 5.41) is 9.24. The molecule has 0 aliphatic heterocycles. The van der Waals surface area contributed by atoms with E-state index in [0.29, 0.717) is 15.7 Å². The molecular weight excluding hydrogens is 387 g/mol. The lowest BCUT2D eigenvalue weighted by Crippen LogP contribution is -2.40. The van der Waals surface area contributed by atoms with E-state index < -0.39 is 6.04 Å². The Morgan fingerprint density at radius 2 is 1.81 bits per heavy atom. The Morgan fingerprint density at radius 1 is 1.04 bits per heavy atom. The minimum Gasteiger partial charge on any atom is -0.323 e. The Morgan fingerprint density at radius 3 is 2.46 bits per heavy atom. The van der Waals surface area contributed by atoms with Gasteiger partial charge >= 0.3 is 0 Å². The van der Waals surface area contributed by atoms with Gasteiger partial charge in [-0.2, -0.15) is 0 Å². The fraction of sp³-hybridized carbons (Fsp3) is 0.150. The van der Waals surface area contributed by atoms with Crippen molar-refractivity contribution in [1.29, 1.82) is 0 Å². The standard InChI is InChI=1S/C20H18Cl2N2OS/c1-13(20(25)24-17-10-9-15(21)12-16(17)22)23-19(18-8-5-11-26-18)14-6-3-2-4-7-14/h2-13,19,23H,1H3,(H,24,25)/t13-,19-/m0/s1. The number of benzene rings is 2. The molecule has 2 aromatic carbocycles. The lowest BCUT2D eigenvalue weighted by Gasteiger charge is -2.23. The Hall–Kier alpha value is -1.85. The topological polar surface area (TPSA) is 41.1 Å². The maximum Gasteiger partial charge on any atom is 0.241 e. The summed E-state index contributed by atoms with van der Waals surface area (Å²) in [6.07, 6.45) is 0. The number of carbonyl (C=O) groups excluding carboxylic acids is 1. The van der Waals surface area contributed by atoms with E-state index in [2.05, 4.69) is 28.8 Å². The van der Waals surface area contributed by atoms with Crippen molar-refractivity contribution in [3.63, 3.8) is 0 Å². The number of halogens is 2. The van der Waals surface area contributed by atoms with Crippen LogP contribution in [0.5, 0.6) is 0 Å². The number of hydrogen-bond donors (Lipinski definition) is 2. The Labute approximate surface area is 167 Å². The first kappa shape index (κ1) is 18.9. The van der Waals surface area contributed by atoms with E-state index in [4.69, 9.17) is 23.2 Å². The molecule has 0 aliphatic carbocycles. The molecule has 3 aromatic rings. The van der Waals surface area contributed by atoms with Gasteiger partial charge in [0.15, 0.2) is 0 Å². The lowest BCUT2D eigenvalue weighted by molar-refractivity contribution is -0.117. The Bertz CT molecular complexity index is 869. The molecule has 1 amide bonds. The summed E-state index contributed by atoms with van der Waals surface area (Å²) in [6, 6.07) is 18.7. The van der Waals surface area contributed by atoms with Crippen molar-refractivity contribution in [2.24, 2.45) is 0 Å². The Balaban J connectivity index is 1.75. The number of nitrogens with one attached hydrogen (secondary N) is 2. The second-order valence-electron chi connectivity index (χ2n) is 5.86. The molecule has 26 heavy (non-hydrogen) atoms. The van der Waals surface area contributed by atoms with Gasteiger partial charge in [0.1, 0.15) is 0 Å². The lowest BCUT2D eigenvalue weighted by atomic mass is 10.0. The summed E-state index contributed by atoms with van der Waals surface area (Å²) < 4.78 is 0. The van der Waals surface area contributed by atoms with Crippen molar-refractivity contribution in [3.05, 3.63) is 86.5 Å². The zero-order valence-corrected chi connectivity index (χ0v) is 16.4. The van der Waals surface area contributed by atoms with Crippen LogP contribution in [0.25, 0.3) is 0 Å². The van der Waals surface area contributed by atoms with Gasteiger partial charge in [-0.25, -0.2) is 0 Å². The monoisotopic (exact) mass is 404 g/mol. The summed E-state index contributed by atoms with van der Waals surface area (Å²) in [4.78, 5) is 13.8. The fourth-order valence-corrected chi connectivity index (χ4v) is 3.87. The molecular formula is C20H18Cl2N2OS. The minimum absolute atomic E-state index is 0.0577. The molecule has 0 saturated carbocycles. The van der Waals surface area contributed by atoms with Gasteiger partial charge < -0.3 is 5.32 Å². The van der Waals surface area contributed by atoms with Crippen molar-refractivity contribution in [2.75, 3.05) is 5.32 Å². The second-order valence-corrected chi connectivity index (χ2v) is 7.68. The van der Waals surface area contributed by atoms with Crippen LogP contribution in [0.2, 0.25) is 10.0 Å². The highest BCUT2D eigenvalue weighted by Gasteiger charge is 2.22. The molecule has 0 unspecified atom stereocenters. The molecule has 0 aliphatic rings. The molecule has 6 heteroatoms. The Kier molecular flexibility index (Phi) is 6.33. The van der Waals surface area contributed by atoms with Gasteiger partial charge in [-0.1, -0.05) is 59.6 Å². The smallest absolute Gasteiger partial charge is 0.241 e. The van der Waals surface area contributed by atoms with Gasteiger partial charge in [0.05, 0.1) is 22.8 Å². The summed E-state index contributed by atoms with van der Waals surface area (Å²) in [5.41, 5.74) is 1.65. The highest BCUT2D eigenvalue weighted by atomic mass is 35.5. The minimum atomic E-state index is -0.422. The molecule has 2 N–H and O–H groups in total. The van der Waals surface area contributed by atoms with Crippen LogP contribution in [0, 0.1) is 0 Å². The van der Waals surface area contributed by atoms with Crippen LogP contribution in [0.3, 0.4) is 0 Å². The first-order chi connectivity index (χ1) is 12.5. The van der Waals surface area contributed by atoms with E-state index in [1.54, 1.807) is 29.5 Å². The van der Waals surface area contributed by atoms with Crippen molar-refractivity contribution >= 4 is 46.1 Å². The van der Waals surface area contributed by atoms with Gasteiger partial charge in [-0.15, -0.1) is 11.3 Å². The first-order valence-electron chi connectivity index (χ1n) is 8.15. The number of amides is 1. The molecule has 1 heterocycles.